The second-order valence-corrected chi connectivity index (χ2v) is 15.6. The van der Waals surface area contributed by atoms with Gasteiger partial charge in [-0.1, -0.05) is 96.8 Å². The average Bonchev–Trinajstić information content (AvgIpc) is 2.75. The Kier molecular flexibility index (Phi) is 21.2. The van der Waals surface area contributed by atoms with E-state index in [-0.39, 0.29) is 18.2 Å². The van der Waals surface area contributed by atoms with Gasteiger partial charge in [0.1, 0.15) is 0 Å². The maximum Gasteiger partial charge on any atom is 0.947 e. The summed E-state index contributed by atoms with van der Waals surface area (Å²) in [5.74, 6) is -0.247. The summed E-state index contributed by atoms with van der Waals surface area (Å²) in [7, 11) is 0. The van der Waals surface area contributed by atoms with Crippen molar-refractivity contribution in [1.82, 2.24) is 0 Å². The molecule has 0 unspecified atom stereocenters. The second-order valence-electron chi connectivity index (χ2n) is 9.83. The van der Waals surface area contributed by atoms with Gasteiger partial charge in [-0.3, -0.25) is 4.79 Å². The van der Waals surface area contributed by atoms with Gasteiger partial charge >= 0.3 is 45.4 Å². The van der Waals surface area contributed by atoms with Crippen LogP contribution in [0.25, 0.3) is 0 Å². The average molecular weight is 531 g/mol. The van der Waals surface area contributed by atoms with E-state index in [1.165, 1.54) is 83.5 Å². The highest BCUT2D eigenvalue weighted by atomic mass is 27.4. The molecule has 1 heterocycles. The van der Waals surface area contributed by atoms with Crippen LogP contribution in [0.4, 0.5) is 0 Å². The molecule has 0 spiro atoms. The predicted molar refractivity (Wildman–Crippen MR) is 139 cm³/mol. The van der Waals surface area contributed by atoms with Crippen LogP contribution < -0.4 is 0 Å². The molecule has 0 aromatic heterocycles. The fourth-order valence-corrected chi connectivity index (χ4v) is 11.2. The molecule has 0 aliphatic carbocycles. The minimum absolute atomic E-state index is 0.0193. The Labute approximate surface area is 224 Å². The molecule has 0 aromatic carbocycles. The largest absolute Gasteiger partial charge is 0.947 e. The third-order valence-corrected chi connectivity index (χ3v) is 13.0. The Balaban J connectivity index is 2.03. The highest BCUT2D eigenvalue weighted by molar-refractivity contribution is 6.67. The highest BCUT2D eigenvalue weighted by Gasteiger charge is 2.58. The Morgan fingerprint density at radius 2 is 0.941 bits per heavy atom. The Bertz CT molecular complexity index is 479. The molecule has 1 fully saturated rings. The van der Waals surface area contributed by atoms with Crippen LogP contribution in [0.3, 0.4) is 0 Å². The van der Waals surface area contributed by atoms with E-state index in [2.05, 4.69) is 6.92 Å². The maximum atomic E-state index is 12.3. The summed E-state index contributed by atoms with van der Waals surface area (Å²) in [6, 6.07) is 0. The van der Waals surface area contributed by atoms with Crippen molar-refractivity contribution < 1.29 is 24.7 Å². The van der Waals surface area contributed by atoms with Crippen LogP contribution in [-0.2, 0) is 24.7 Å². The van der Waals surface area contributed by atoms with Gasteiger partial charge in [0.05, 0.1) is 0 Å². The van der Waals surface area contributed by atoms with Crippen LogP contribution in [0, 0.1) is 0 Å². The number of unbranched alkanes of at least 4 members (excludes halogenated alkanes) is 14. The first-order valence-corrected chi connectivity index (χ1v) is 18.1. The molecule has 0 radical (unpaired) electrons. The lowest BCUT2D eigenvalue weighted by molar-refractivity contribution is -0.137. The number of carbonyl (C=O) groups excluding carboxylic acids is 1. The van der Waals surface area contributed by atoms with E-state index in [1.807, 2.05) is 27.7 Å². The van der Waals surface area contributed by atoms with Gasteiger partial charge in [0.25, 0.3) is 5.97 Å². The Morgan fingerprint density at radius 1 is 0.588 bits per heavy atom. The monoisotopic (exact) mass is 530 g/mol. The molecule has 1 rings (SSSR count). The molecule has 0 aromatic rings. The van der Waals surface area contributed by atoms with Crippen LogP contribution in [-0.4, -0.2) is 63.6 Å². The molecule has 0 amide bonds. The van der Waals surface area contributed by atoms with Crippen molar-refractivity contribution in [2.45, 2.75) is 150 Å². The third kappa shape index (κ3) is 19.0. The summed E-state index contributed by atoms with van der Waals surface area (Å²) in [6.07, 6.45) is 19.9. The topological polar surface area (TPSA) is 72.5 Å². The van der Waals surface area contributed by atoms with Gasteiger partial charge in [0, 0.05) is 18.6 Å². The second kappa shape index (κ2) is 21.9. The minimum atomic E-state index is -2.61. The van der Waals surface area contributed by atoms with E-state index in [4.69, 9.17) is 19.9 Å². The smallest absolute Gasteiger partial charge is 0.574 e. The van der Waals surface area contributed by atoms with Gasteiger partial charge in [0.2, 0.25) is 0 Å². The fourth-order valence-electron chi connectivity index (χ4n) is 3.80. The van der Waals surface area contributed by atoms with E-state index in [1.54, 1.807) is 0 Å². The number of carbonyl (C=O) groups is 1. The van der Waals surface area contributed by atoms with Crippen molar-refractivity contribution >= 4 is 51.4 Å². The van der Waals surface area contributed by atoms with Crippen LogP contribution >= 0.6 is 0 Å². The van der Waals surface area contributed by atoms with Gasteiger partial charge in [0.15, 0.2) is 0 Å². The lowest BCUT2D eigenvalue weighted by Crippen LogP contribution is -2.54. The molecule has 0 saturated carbocycles. The van der Waals surface area contributed by atoms with Crippen molar-refractivity contribution in [3.63, 3.8) is 0 Å². The molecule has 10 heteroatoms. The molecule has 1 saturated heterocycles. The number of rotatable bonds is 21. The SMILES string of the molecule is CCCCCCCCCCCCCCCCCC(=O)[O][Al]1[O][Al]([O]C(C)C)[O][Al]([O]C(C)C)[O]1. The van der Waals surface area contributed by atoms with Gasteiger partial charge < -0.3 is 19.9 Å². The van der Waals surface area contributed by atoms with Crippen LogP contribution in [0.2, 0.25) is 0 Å². The molecule has 1 aliphatic rings. The molecule has 0 atom stereocenters. The first-order valence-electron chi connectivity index (χ1n) is 13.9. The molecule has 0 bridgehead atoms. The van der Waals surface area contributed by atoms with E-state index in [0.717, 1.165) is 12.8 Å². The lowest BCUT2D eigenvalue weighted by Gasteiger charge is -2.29. The molecular weight excluding hydrogens is 481 g/mol. The van der Waals surface area contributed by atoms with E-state index in [9.17, 15) is 4.79 Å². The highest BCUT2D eigenvalue weighted by Crippen LogP contribution is 2.16. The lowest BCUT2D eigenvalue weighted by atomic mass is 10.0. The predicted octanol–water partition coefficient (Wildman–Crippen LogP) is 6.66. The Morgan fingerprint density at radius 3 is 1.32 bits per heavy atom. The van der Waals surface area contributed by atoms with Gasteiger partial charge in [-0.15, -0.1) is 0 Å². The molecule has 1 aliphatic heterocycles. The van der Waals surface area contributed by atoms with E-state index < -0.39 is 45.4 Å². The van der Waals surface area contributed by atoms with Crippen molar-refractivity contribution in [2.75, 3.05) is 0 Å². The molecule has 196 valence electrons. The minimum Gasteiger partial charge on any atom is -0.574 e. The summed E-state index contributed by atoms with van der Waals surface area (Å²) >= 11 is -7.39. The fraction of sp³-hybridized carbons (Fsp3) is 0.958. The summed E-state index contributed by atoms with van der Waals surface area (Å²) in [5, 5.41) is 0. The number of hydrogen-bond acceptors (Lipinski definition) is 7. The normalized spacial score (nSPS) is 14.5. The molecule has 7 nitrogen and oxygen atoms in total. The summed E-state index contributed by atoms with van der Waals surface area (Å²) in [4.78, 5) is 12.3. The molecular formula is C24H49Al3O7. The zero-order chi connectivity index (χ0) is 25.0. The van der Waals surface area contributed by atoms with Crippen LogP contribution in [0.1, 0.15) is 137 Å². The quantitative estimate of drug-likeness (QED) is 0.121. The van der Waals surface area contributed by atoms with Gasteiger partial charge in [-0.25, -0.2) is 0 Å². The van der Waals surface area contributed by atoms with E-state index in [0.29, 0.717) is 6.42 Å². The maximum absolute atomic E-state index is 12.3. The van der Waals surface area contributed by atoms with Crippen molar-refractivity contribution in [1.29, 1.82) is 0 Å². The zero-order valence-electron chi connectivity index (χ0n) is 22.6. The van der Waals surface area contributed by atoms with Gasteiger partial charge in [-0.2, -0.15) is 0 Å². The van der Waals surface area contributed by atoms with Crippen molar-refractivity contribution in [3.05, 3.63) is 0 Å². The van der Waals surface area contributed by atoms with Crippen LogP contribution in [0.15, 0.2) is 0 Å². The Hall–Kier alpha value is 0.867. The summed E-state index contributed by atoms with van der Waals surface area (Å²) < 4.78 is 34.2. The zero-order valence-corrected chi connectivity index (χ0v) is 26.0. The third-order valence-electron chi connectivity index (χ3n) is 5.65. The number of hydrogen-bond donors (Lipinski definition) is 0. The van der Waals surface area contributed by atoms with Crippen LogP contribution in [0.5, 0.6) is 0 Å². The first kappa shape index (κ1) is 32.9. The standard InChI is InChI=1S/C18H36O2.2C3H7O.3Al.3O/c1-2-3-4-5-6-7-8-9-10-11-12-13-14-15-16-17-18(19)20;2*1-3(2)4;;;;;;/h2-17H2,1H3,(H,19,20);2*3H,1-2H3;;;;;;/q;2*-1;3*+1;;;/p-1. The van der Waals surface area contributed by atoms with Crippen molar-refractivity contribution in [3.8, 4) is 0 Å². The summed E-state index contributed by atoms with van der Waals surface area (Å²) in [6.45, 7) is 9.97. The molecule has 34 heavy (non-hydrogen) atoms. The van der Waals surface area contributed by atoms with E-state index >= 15 is 0 Å². The van der Waals surface area contributed by atoms with Gasteiger partial charge in [-0.05, 0) is 34.1 Å². The summed E-state index contributed by atoms with van der Waals surface area (Å²) in [5.41, 5.74) is 0. The van der Waals surface area contributed by atoms with Crippen molar-refractivity contribution in [2.24, 2.45) is 0 Å². The molecule has 0 N–H and O–H groups in total. The first-order chi connectivity index (χ1) is 16.4.